The van der Waals surface area contributed by atoms with Crippen molar-refractivity contribution < 1.29 is 28.2 Å². The number of nitrogens with one attached hydrogen (secondary N) is 1. The number of aromatic nitrogens is 1. The summed E-state index contributed by atoms with van der Waals surface area (Å²) in [6.07, 6.45) is -2.35. The lowest BCUT2D eigenvalue weighted by Gasteiger charge is -2.27. The molecule has 1 aromatic heterocycles. The van der Waals surface area contributed by atoms with Crippen LogP contribution in [0, 0.1) is 0 Å². The molecule has 0 aromatic carbocycles. The van der Waals surface area contributed by atoms with Crippen LogP contribution in [0.25, 0.3) is 0 Å². The van der Waals surface area contributed by atoms with E-state index < -0.39 is 35.8 Å². The Morgan fingerprint density at radius 1 is 1.36 bits per heavy atom. The van der Waals surface area contributed by atoms with Crippen LogP contribution in [0.1, 0.15) is 32.8 Å². The lowest BCUT2D eigenvalue weighted by Crippen LogP contribution is -2.45. The topological polar surface area (TPSA) is 97.8 Å². The summed E-state index contributed by atoms with van der Waals surface area (Å²) in [5.74, 6) is -0.973. The summed E-state index contributed by atoms with van der Waals surface area (Å²) in [7, 11) is 1.26. The molecule has 1 aromatic rings. The monoisotopic (exact) mass is 459 g/mol. The van der Waals surface area contributed by atoms with E-state index in [1.807, 2.05) is 0 Å². The molecule has 28 heavy (non-hydrogen) atoms. The number of esters is 1. The number of nitrogens with zero attached hydrogens (tertiary/aromatic N) is 2. The standard InChI is InChI=1S/C18H23BrFN3O5/c1-18(2,3)28-17(26)23-9-11(20)8-12(23)16(25)22-15-10(7-14(24)27-4)5-6-13(19)21-15/h5-6,11-12H,7-9H2,1-4H3,(H,21,22,25)/t11-,12+/m1/s1. The highest BCUT2D eigenvalue weighted by Crippen LogP contribution is 2.25. The van der Waals surface area contributed by atoms with Crippen molar-refractivity contribution >= 4 is 39.7 Å². The SMILES string of the molecule is COC(=O)Cc1ccc(Br)nc1NC(=O)[C@@H]1C[C@@H](F)CN1C(=O)OC(C)(C)C. The van der Waals surface area contributed by atoms with Gasteiger partial charge in [0, 0.05) is 12.0 Å². The van der Waals surface area contributed by atoms with Crippen molar-refractivity contribution in [2.45, 2.75) is 51.4 Å². The van der Waals surface area contributed by atoms with Gasteiger partial charge in [0.05, 0.1) is 20.1 Å². The first-order valence-electron chi connectivity index (χ1n) is 8.67. The van der Waals surface area contributed by atoms with E-state index >= 15 is 0 Å². The van der Waals surface area contributed by atoms with Crippen molar-refractivity contribution in [1.82, 2.24) is 9.88 Å². The zero-order chi connectivity index (χ0) is 21.1. The third-order valence-electron chi connectivity index (χ3n) is 3.93. The molecule has 10 heteroatoms. The molecule has 1 aliphatic rings. The third-order valence-corrected chi connectivity index (χ3v) is 4.37. The predicted molar refractivity (Wildman–Crippen MR) is 103 cm³/mol. The highest BCUT2D eigenvalue weighted by molar-refractivity contribution is 9.10. The average Bonchev–Trinajstić information content (AvgIpc) is 2.98. The maximum atomic E-state index is 14.0. The molecule has 0 bridgehead atoms. The number of alkyl halides is 1. The fourth-order valence-electron chi connectivity index (χ4n) is 2.70. The molecule has 1 N–H and O–H groups in total. The van der Waals surface area contributed by atoms with Gasteiger partial charge in [0.2, 0.25) is 5.91 Å². The second-order valence-electron chi connectivity index (χ2n) is 7.37. The van der Waals surface area contributed by atoms with Crippen molar-refractivity contribution in [1.29, 1.82) is 0 Å². The first-order chi connectivity index (χ1) is 13.0. The quantitative estimate of drug-likeness (QED) is 0.548. The summed E-state index contributed by atoms with van der Waals surface area (Å²) in [5.41, 5.74) is -0.339. The zero-order valence-corrected chi connectivity index (χ0v) is 17.7. The van der Waals surface area contributed by atoms with Crippen LogP contribution in [0.2, 0.25) is 0 Å². The smallest absolute Gasteiger partial charge is 0.411 e. The zero-order valence-electron chi connectivity index (χ0n) is 16.1. The number of carbonyl (C=O) groups is 3. The summed E-state index contributed by atoms with van der Waals surface area (Å²) in [4.78, 5) is 41.9. The fraction of sp³-hybridized carbons (Fsp3) is 0.556. The van der Waals surface area contributed by atoms with Gasteiger partial charge in [0.1, 0.15) is 28.2 Å². The first-order valence-corrected chi connectivity index (χ1v) is 9.46. The highest BCUT2D eigenvalue weighted by atomic mass is 79.9. The number of pyridine rings is 1. The van der Waals surface area contributed by atoms with E-state index in [-0.39, 0.29) is 25.2 Å². The number of amides is 2. The van der Waals surface area contributed by atoms with E-state index in [1.165, 1.54) is 7.11 Å². The van der Waals surface area contributed by atoms with Gasteiger partial charge in [-0.15, -0.1) is 0 Å². The normalized spacial score (nSPS) is 19.3. The molecule has 1 aliphatic heterocycles. The van der Waals surface area contributed by atoms with Gasteiger partial charge in [-0.3, -0.25) is 14.5 Å². The molecular weight excluding hydrogens is 437 g/mol. The Balaban J connectivity index is 2.20. The lowest BCUT2D eigenvalue weighted by molar-refractivity contribution is -0.139. The average molecular weight is 460 g/mol. The van der Waals surface area contributed by atoms with Crippen LogP contribution in [-0.4, -0.2) is 59.3 Å². The summed E-state index contributed by atoms with van der Waals surface area (Å²) >= 11 is 3.21. The van der Waals surface area contributed by atoms with Gasteiger partial charge in [0.25, 0.3) is 0 Å². The van der Waals surface area contributed by atoms with E-state index in [0.717, 1.165) is 4.90 Å². The Morgan fingerprint density at radius 2 is 2.04 bits per heavy atom. The number of anilines is 1. The molecule has 2 atom stereocenters. The Labute approximate surface area is 170 Å². The maximum absolute atomic E-state index is 14.0. The van der Waals surface area contributed by atoms with E-state index in [9.17, 15) is 18.8 Å². The maximum Gasteiger partial charge on any atom is 0.411 e. The van der Waals surface area contributed by atoms with E-state index in [4.69, 9.17) is 4.74 Å². The van der Waals surface area contributed by atoms with Crippen LogP contribution < -0.4 is 5.32 Å². The Hall–Kier alpha value is -2.23. The van der Waals surface area contributed by atoms with Gasteiger partial charge in [-0.05, 0) is 42.8 Å². The molecule has 0 saturated carbocycles. The molecule has 0 radical (unpaired) electrons. The van der Waals surface area contributed by atoms with E-state index in [2.05, 4.69) is 31.0 Å². The highest BCUT2D eigenvalue weighted by Gasteiger charge is 2.42. The van der Waals surface area contributed by atoms with E-state index in [0.29, 0.717) is 10.2 Å². The van der Waals surface area contributed by atoms with Gasteiger partial charge in [-0.2, -0.15) is 0 Å². The second kappa shape index (κ2) is 8.85. The minimum atomic E-state index is -1.34. The number of methoxy groups -OCH3 is 1. The molecule has 0 unspecified atom stereocenters. The Kier molecular flexibility index (Phi) is 6.97. The predicted octanol–water partition coefficient (Wildman–Crippen LogP) is 2.85. The van der Waals surface area contributed by atoms with Gasteiger partial charge < -0.3 is 14.8 Å². The fourth-order valence-corrected chi connectivity index (χ4v) is 3.01. The number of hydrogen-bond donors (Lipinski definition) is 1. The van der Waals surface area contributed by atoms with Crippen LogP contribution >= 0.6 is 15.9 Å². The third kappa shape index (κ3) is 5.88. The largest absolute Gasteiger partial charge is 0.469 e. The summed E-state index contributed by atoms with van der Waals surface area (Å²) in [5, 5.41) is 2.59. The summed E-state index contributed by atoms with van der Waals surface area (Å²) in [6, 6.07) is 2.19. The van der Waals surface area contributed by atoms with Crippen molar-refractivity contribution in [3.8, 4) is 0 Å². The number of carbonyl (C=O) groups excluding carboxylic acids is 3. The molecular formula is C18H23BrFN3O5. The Bertz CT molecular complexity index is 768. The molecule has 154 valence electrons. The minimum Gasteiger partial charge on any atom is -0.469 e. The van der Waals surface area contributed by atoms with Gasteiger partial charge in [-0.1, -0.05) is 6.07 Å². The molecule has 0 aliphatic carbocycles. The minimum absolute atomic E-state index is 0.0986. The number of hydrogen-bond acceptors (Lipinski definition) is 6. The van der Waals surface area contributed by atoms with Crippen LogP contribution in [0.4, 0.5) is 15.0 Å². The van der Waals surface area contributed by atoms with Gasteiger partial charge in [-0.25, -0.2) is 14.2 Å². The molecule has 2 heterocycles. The molecule has 2 amide bonds. The number of rotatable bonds is 4. The van der Waals surface area contributed by atoms with Crippen molar-refractivity contribution in [3.63, 3.8) is 0 Å². The number of likely N-dealkylation sites (tertiary alicyclic amines) is 1. The number of halogens is 2. The molecule has 2 rings (SSSR count). The van der Waals surface area contributed by atoms with E-state index in [1.54, 1.807) is 32.9 Å². The summed E-state index contributed by atoms with van der Waals surface area (Å²) in [6.45, 7) is 4.84. The Morgan fingerprint density at radius 3 is 2.64 bits per heavy atom. The molecule has 8 nitrogen and oxygen atoms in total. The van der Waals surface area contributed by atoms with Crippen LogP contribution in [0.15, 0.2) is 16.7 Å². The van der Waals surface area contributed by atoms with Crippen LogP contribution in [0.5, 0.6) is 0 Å². The first kappa shape index (κ1) is 22.1. The van der Waals surface area contributed by atoms with Crippen LogP contribution in [0.3, 0.4) is 0 Å². The van der Waals surface area contributed by atoms with Gasteiger partial charge in [0.15, 0.2) is 0 Å². The van der Waals surface area contributed by atoms with Crippen molar-refractivity contribution in [2.24, 2.45) is 0 Å². The summed E-state index contributed by atoms with van der Waals surface area (Å²) < 4.78 is 24.3. The molecule has 1 saturated heterocycles. The number of ether oxygens (including phenoxy) is 2. The molecule has 0 spiro atoms. The molecule has 1 fully saturated rings. The van der Waals surface area contributed by atoms with Crippen molar-refractivity contribution in [2.75, 3.05) is 19.0 Å². The van der Waals surface area contributed by atoms with Crippen LogP contribution in [-0.2, 0) is 25.5 Å². The van der Waals surface area contributed by atoms with Crippen molar-refractivity contribution in [3.05, 3.63) is 22.3 Å². The second-order valence-corrected chi connectivity index (χ2v) is 8.18. The van der Waals surface area contributed by atoms with Gasteiger partial charge >= 0.3 is 12.1 Å². The lowest BCUT2D eigenvalue weighted by atomic mass is 10.1.